The number of hydrogen-bond donors (Lipinski definition) is 3. The molecule has 0 saturated heterocycles. The van der Waals surface area contributed by atoms with E-state index in [-0.39, 0.29) is 40.3 Å². The van der Waals surface area contributed by atoms with Crippen molar-refractivity contribution in [1.82, 2.24) is 4.90 Å². The molecule has 2 aromatic carbocycles. The number of aromatic hydroxyl groups is 3. The lowest BCUT2D eigenvalue weighted by atomic mass is 9.76. The predicted molar refractivity (Wildman–Crippen MR) is 99.2 cm³/mol. The molecule has 4 rings (SSSR count). The highest BCUT2D eigenvalue weighted by Crippen LogP contribution is 2.51. The predicted octanol–water partition coefficient (Wildman–Crippen LogP) is 3.91. The van der Waals surface area contributed by atoms with Gasteiger partial charge >= 0.3 is 0 Å². The molecule has 128 valence electrons. The van der Waals surface area contributed by atoms with E-state index >= 15 is 0 Å². The van der Waals surface area contributed by atoms with Crippen molar-refractivity contribution in [3.8, 4) is 28.4 Å². The number of rotatable bonds is 2. The molecule has 0 amide bonds. The zero-order valence-corrected chi connectivity index (χ0v) is 15.3. The van der Waals surface area contributed by atoms with Gasteiger partial charge in [-0.2, -0.15) is 0 Å². The SMILES string of the molecule is Br.CCCN1CCc2cc(O)cc3c2C1Cc1ccc(O)c(O)c1-3. The third kappa shape index (κ3) is 2.47. The van der Waals surface area contributed by atoms with Crippen LogP contribution in [0, 0.1) is 0 Å². The summed E-state index contributed by atoms with van der Waals surface area (Å²) in [7, 11) is 0. The molecule has 2 aromatic rings. The zero-order chi connectivity index (χ0) is 16.1. The van der Waals surface area contributed by atoms with Crippen LogP contribution in [0.4, 0.5) is 0 Å². The van der Waals surface area contributed by atoms with Gasteiger partial charge in [0.15, 0.2) is 11.5 Å². The van der Waals surface area contributed by atoms with E-state index in [4.69, 9.17) is 0 Å². The van der Waals surface area contributed by atoms with Gasteiger partial charge in [0.25, 0.3) is 0 Å². The summed E-state index contributed by atoms with van der Waals surface area (Å²) in [5.74, 6) is 0.0268. The van der Waals surface area contributed by atoms with Crippen LogP contribution in [0.3, 0.4) is 0 Å². The van der Waals surface area contributed by atoms with Crippen molar-refractivity contribution in [2.45, 2.75) is 32.2 Å². The largest absolute Gasteiger partial charge is 0.508 e. The Morgan fingerprint density at radius 2 is 1.92 bits per heavy atom. The first-order valence-electron chi connectivity index (χ1n) is 8.24. The molecule has 1 heterocycles. The molecule has 1 atom stereocenters. The molecular weight excluding hydrogens is 370 g/mol. The van der Waals surface area contributed by atoms with E-state index in [2.05, 4.69) is 11.8 Å². The highest BCUT2D eigenvalue weighted by Gasteiger charge is 2.35. The lowest BCUT2D eigenvalue weighted by molar-refractivity contribution is 0.182. The molecule has 4 nitrogen and oxygen atoms in total. The summed E-state index contributed by atoms with van der Waals surface area (Å²) < 4.78 is 0. The summed E-state index contributed by atoms with van der Waals surface area (Å²) in [6.07, 6.45) is 2.84. The van der Waals surface area contributed by atoms with Crippen molar-refractivity contribution < 1.29 is 15.3 Å². The monoisotopic (exact) mass is 391 g/mol. The molecule has 24 heavy (non-hydrogen) atoms. The van der Waals surface area contributed by atoms with E-state index < -0.39 is 0 Å². The maximum Gasteiger partial charge on any atom is 0.165 e. The Kier molecular flexibility index (Phi) is 4.49. The van der Waals surface area contributed by atoms with Gasteiger partial charge in [-0.05, 0) is 66.3 Å². The molecule has 0 aromatic heterocycles. The van der Waals surface area contributed by atoms with Crippen LogP contribution in [0.15, 0.2) is 24.3 Å². The number of benzene rings is 2. The Morgan fingerprint density at radius 1 is 1.12 bits per heavy atom. The zero-order valence-electron chi connectivity index (χ0n) is 13.6. The molecule has 0 spiro atoms. The lowest BCUT2D eigenvalue weighted by Gasteiger charge is -2.41. The molecule has 0 bridgehead atoms. The quantitative estimate of drug-likeness (QED) is 0.678. The third-order valence-electron chi connectivity index (χ3n) is 5.13. The van der Waals surface area contributed by atoms with Gasteiger partial charge in [-0.15, -0.1) is 17.0 Å². The van der Waals surface area contributed by atoms with Crippen LogP contribution in [0.1, 0.15) is 36.1 Å². The lowest BCUT2D eigenvalue weighted by Crippen LogP contribution is -2.38. The van der Waals surface area contributed by atoms with Crippen LogP contribution in [0.5, 0.6) is 17.2 Å². The van der Waals surface area contributed by atoms with E-state index in [0.29, 0.717) is 5.56 Å². The van der Waals surface area contributed by atoms with Crippen LogP contribution in [0.2, 0.25) is 0 Å². The number of phenolic OH excluding ortho intramolecular Hbond substituents is 3. The Bertz CT molecular complexity index is 791. The maximum absolute atomic E-state index is 10.4. The van der Waals surface area contributed by atoms with Gasteiger partial charge in [0.1, 0.15) is 5.75 Å². The summed E-state index contributed by atoms with van der Waals surface area (Å²) in [5, 5.41) is 30.4. The van der Waals surface area contributed by atoms with E-state index in [0.717, 1.165) is 49.0 Å². The van der Waals surface area contributed by atoms with Gasteiger partial charge < -0.3 is 15.3 Å². The van der Waals surface area contributed by atoms with Crippen LogP contribution in [-0.4, -0.2) is 33.3 Å². The van der Waals surface area contributed by atoms with E-state index in [1.165, 1.54) is 5.56 Å². The van der Waals surface area contributed by atoms with Gasteiger partial charge in [-0.1, -0.05) is 13.0 Å². The molecule has 2 aliphatic rings. The normalized spacial score (nSPS) is 18.5. The second-order valence-electron chi connectivity index (χ2n) is 6.54. The van der Waals surface area contributed by atoms with Crippen LogP contribution in [0.25, 0.3) is 11.1 Å². The summed E-state index contributed by atoms with van der Waals surface area (Å²) >= 11 is 0. The molecule has 5 heteroatoms. The average Bonchev–Trinajstić information content (AvgIpc) is 2.53. The van der Waals surface area contributed by atoms with Crippen molar-refractivity contribution >= 4 is 17.0 Å². The fourth-order valence-electron chi connectivity index (χ4n) is 4.19. The Labute approximate surface area is 152 Å². The second kappa shape index (κ2) is 6.30. The van der Waals surface area contributed by atoms with E-state index in [1.54, 1.807) is 12.1 Å². The van der Waals surface area contributed by atoms with Gasteiger partial charge in [0, 0.05) is 18.2 Å². The number of fused-ring (bicyclic) bond motifs is 2. The van der Waals surface area contributed by atoms with Crippen LogP contribution >= 0.6 is 17.0 Å². The number of phenols is 3. The Hall–Kier alpha value is -1.72. The topological polar surface area (TPSA) is 63.9 Å². The minimum atomic E-state index is -0.111. The van der Waals surface area contributed by atoms with Crippen molar-refractivity contribution in [2.75, 3.05) is 13.1 Å². The minimum absolute atomic E-state index is 0. The number of halogens is 1. The smallest absolute Gasteiger partial charge is 0.165 e. The fraction of sp³-hybridized carbons (Fsp3) is 0.368. The number of hydrogen-bond acceptors (Lipinski definition) is 4. The van der Waals surface area contributed by atoms with Gasteiger partial charge in [0.05, 0.1) is 0 Å². The highest BCUT2D eigenvalue weighted by molar-refractivity contribution is 8.93. The van der Waals surface area contributed by atoms with Crippen LogP contribution in [-0.2, 0) is 12.8 Å². The highest BCUT2D eigenvalue weighted by atomic mass is 79.9. The van der Waals surface area contributed by atoms with Gasteiger partial charge in [0.2, 0.25) is 0 Å². The first-order valence-corrected chi connectivity index (χ1v) is 8.24. The summed E-state index contributed by atoms with van der Waals surface area (Å²) in [4.78, 5) is 2.50. The molecule has 0 radical (unpaired) electrons. The van der Waals surface area contributed by atoms with Crippen molar-refractivity contribution in [1.29, 1.82) is 0 Å². The van der Waals surface area contributed by atoms with Gasteiger partial charge in [-0.25, -0.2) is 0 Å². The van der Waals surface area contributed by atoms with Gasteiger partial charge in [-0.3, -0.25) is 4.90 Å². The van der Waals surface area contributed by atoms with E-state index in [1.807, 2.05) is 12.1 Å². The Morgan fingerprint density at radius 3 is 2.67 bits per heavy atom. The molecule has 1 unspecified atom stereocenters. The third-order valence-corrected chi connectivity index (χ3v) is 5.13. The fourth-order valence-corrected chi connectivity index (χ4v) is 4.19. The molecule has 3 N–H and O–H groups in total. The molecule has 1 aliphatic heterocycles. The molecule has 1 aliphatic carbocycles. The first-order chi connectivity index (χ1) is 11.1. The summed E-state index contributed by atoms with van der Waals surface area (Å²) in [5.41, 5.74) is 4.92. The minimum Gasteiger partial charge on any atom is -0.508 e. The van der Waals surface area contributed by atoms with Crippen molar-refractivity contribution in [2.24, 2.45) is 0 Å². The van der Waals surface area contributed by atoms with Crippen LogP contribution < -0.4 is 0 Å². The summed E-state index contributed by atoms with van der Waals surface area (Å²) in [6.45, 7) is 4.23. The van der Waals surface area contributed by atoms with Crippen molar-refractivity contribution in [3.05, 3.63) is 41.0 Å². The number of nitrogens with zero attached hydrogens (tertiary/aromatic N) is 1. The standard InChI is InChI=1S/C19H21NO3.BrH/c1-2-6-20-7-5-12-8-13(21)10-14-17(12)15(20)9-11-3-4-16(22)19(23)18(11)14;/h3-4,8,10,15,21-23H,2,5-7,9H2,1H3;1H. The van der Waals surface area contributed by atoms with Crippen molar-refractivity contribution in [3.63, 3.8) is 0 Å². The Balaban J connectivity index is 0.00000169. The first kappa shape index (κ1) is 17.1. The summed E-state index contributed by atoms with van der Waals surface area (Å²) in [6, 6.07) is 7.29. The van der Waals surface area contributed by atoms with E-state index in [9.17, 15) is 15.3 Å². The molecule has 0 saturated carbocycles. The second-order valence-corrected chi connectivity index (χ2v) is 6.54. The maximum atomic E-state index is 10.4. The average molecular weight is 392 g/mol. The molecular formula is C19H22BrNO3. The molecule has 0 fully saturated rings.